The van der Waals surface area contributed by atoms with Crippen molar-refractivity contribution in [3.05, 3.63) is 36.5 Å². The van der Waals surface area contributed by atoms with E-state index in [2.05, 4.69) is 33.1 Å². The normalized spacial score (nSPS) is 13.0. The van der Waals surface area contributed by atoms with Crippen molar-refractivity contribution < 1.29 is 0 Å². The van der Waals surface area contributed by atoms with Gasteiger partial charge in [-0.15, -0.1) is 0 Å². The lowest BCUT2D eigenvalue weighted by atomic mass is 10.0. The first-order chi connectivity index (χ1) is 5.45. The van der Waals surface area contributed by atoms with Crippen LogP contribution in [0.1, 0.15) is 27.2 Å². The summed E-state index contributed by atoms with van der Waals surface area (Å²) in [7, 11) is 0. The summed E-state index contributed by atoms with van der Waals surface area (Å²) in [5, 5.41) is 0. The molecule has 0 aromatic carbocycles. The third kappa shape index (κ3) is 7.67. The molecule has 68 valence electrons. The van der Waals surface area contributed by atoms with Crippen molar-refractivity contribution >= 4 is 12.6 Å². The van der Waals surface area contributed by atoms with E-state index in [4.69, 9.17) is 0 Å². The zero-order chi connectivity index (χ0) is 9.61. The highest BCUT2D eigenvalue weighted by molar-refractivity contribution is 7.81. The average molecular weight is 182 g/mol. The molecule has 0 radical (unpaired) electrons. The Morgan fingerprint density at radius 3 is 2.42 bits per heavy atom. The molecule has 0 aromatic heterocycles. The topological polar surface area (TPSA) is 0 Å². The minimum absolute atomic E-state index is 0.0390. The van der Waals surface area contributed by atoms with Crippen molar-refractivity contribution in [3.63, 3.8) is 0 Å². The summed E-state index contributed by atoms with van der Waals surface area (Å²) in [6.07, 6.45) is 8.94. The molecule has 0 rings (SSSR count). The molecule has 0 fully saturated rings. The van der Waals surface area contributed by atoms with E-state index < -0.39 is 0 Å². The van der Waals surface area contributed by atoms with Crippen molar-refractivity contribution in [2.75, 3.05) is 0 Å². The van der Waals surface area contributed by atoms with E-state index in [-0.39, 0.29) is 4.75 Å². The van der Waals surface area contributed by atoms with Gasteiger partial charge in [0.25, 0.3) is 0 Å². The van der Waals surface area contributed by atoms with Gasteiger partial charge in [0.15, 0.2) is 0 Å². The predicted molar refractivity (Wildman–Crippen MR) is 60.8 cm³/mol. The zero-order valence-electron chi connectivity index (χ0n) is 8.17. The molecule has 0 N–H and O–H groups in total. The van der Waals surface area contributed by atoms with Gasteiger partial charge < -0.3 is 0 Å². The standard InChI is InChI=1S/C11H18S/c1-5-6-7-8-10(2)9-11(3,4)12/h5-8,12H,2,9H2,1,3-4H3/b6-5-,8-7-. The Balaban J connectivity index is 3.91. The molecule has 0 amide bonds. The van der Waals surface area contributed by atoms with Gasteiger partial charge in [-0.2, -0.15) is 12.6 Å². The van der Waals surface area contributed by atoms with Crippen LogP contribution in [-0.4, -0.2) is 4.75 Å². The average Bonchev–Trinajstić information content (AvgIpc) is 1.84. The first kappa shape index (κ1) is 11.6. The molecule has 0 aliphatic carbocycles. The second kappa shape index (κ2) is 5.26. The first-order valence-corrected chi connectivity index (χ1v) is 4.60. The SMILES string of the molecule is C=C(/C=C\C=C/C)CC(C)(C)S. The molecule has 0 atom stereocenters. The van der Waals surface area contributed by atoms with Gasteiger partial charge in [-0.05, 0) is 13.3 Å². The second-order valence-electron chi connectivity index (χ2n) is 3.53. The van der Waals surface area contributed by atoms with Crippen LogP contribution in [0.4, 0.5) is 0 Å². The lowest BCUT2D eigenvalue weighted by Crippen LogP contribution is -2.09. The maximum Gasteiger partial charge on any atom is 0.0113 e. The van der Waals surface area contributed by atoms with Crippen LogP contribution in [0.25, 0.3) is 0 Å². The van der Waals surface area contributed by atoms with Crippen LogP contribution in [0, 0.1) is 0 Å². The molecule has 12 heavy (non-hydrogen) atoms. The highest BCUT2D eigenvalue weighted by Crippen LogP contribution is 2.21. The molecule has 0 spiro atoms. The summed E-state index contributed by atoms with van der Waals surface area (Å²) in [6.45, 7) is 10.1. The Bertz CT molecular complexity index is 192. The highest BCUT2D eigenvalue weighted by atomic mass is 32.1. The molecular formula is C11H18S. The van der Waals surface area contributed by atoms with Crippen molar-refractivity contribution in [1.29, 1.82) is 0 Å². The Labute approximate surface area is 81.5 Å². The number of hydrogen-bond donors (Lipinski definition) is 1. The van der Waals surface area contributed by atoms with Crippen LogP contribution in [0.15, 0.2) is 36.5 Å². The van der Waals surface area contributed by atoms with E-state index in [0.717, 1.165) is 12.0 Å². The molecule has 0 aromatic rings. The Kier molecular flexibility index (Phi) is 5.07. The van der Waals surface area contributed by atoms with Gasteiger partial charge in [0.1, 0.15) is 0 Å². The fourth-order valence-electron chi connectivity index (χ4n) is 0.917. The molecule has 1 heteroatoms. The van der Waals surface area contributed by atoms with Gasteiger partial charge in [-0.25, -0.2) is 0 Å². The second-order valence-corrected chi connectivity index (χ2v) is 4.74. The van der Waals surface area contributed by atoms with Crippen molar-refractivity contribution in [1.82, 2.24) is 0 Å². The molecule has 0 aliphatic rings. The number of allylic oxidation sites excluding steroid dienone is 5. The number of thiol groups is 1. The minimum Gasteiger partial charge on any atom is -0.173 e. The summed E-state index contributed by atoms with van der Waals surface area (Å²) >= 11 is 4.43. The molecule has 0 heterocycles. The monoisotopic (exact) mass is 182 g/mol. The quantitative estimate of drug-likeness (QED) is 0.496. The molecule has 0 bridgehead atoms. The molecule has 0 aliphatic heterocycles. The van der Waals surface area contributed by atoms with Gasteiger partial charge in [0, 0.05) is 4.75 Å². The maximum atomic E-state index is 4.43. The molecule has 0 saturated carbocycles. The van der Waals surface area contributed by atoms with E-state index in [1.54, 1.807) is 0 Å². The van der Waals surface area contributed by atoms with E-state index >= 15 is 0 Å². The van der Waals surface area contributed by atoms with Gasteiger partial charge in [-0.1, -0.05) is 50.3 Å². The van der Waals surface area contributed by atoms with E-state index in [0.29, 0.717) is 0 Å². The summed E-state index contributed by atoms with van der Waals surface area (Å²) in [5.41, 5.74) is 1.12. The van der Waals surface area contributed by atoms with Crippen molar-refractivity contribution in [2.45, 2.75) is 31.9 Å². The van der Waals surface area contributed by atoms with Gasteiger partial charge in [0.2, 0.25) is 0 Å². The number of hydrogen-bond acceptors (Lipinski definition) is 1. The van der Waals surface area contributed by atoms with Crippen LogP contribution in [0.3, 0.4) is 0 Å². The molecule has 0 unspecified atom stereocenters. The van der Waals surface area contributed by atoms with Crippen LogP contribution >= 0.6 is 12.6 Å². The van der Waals surface area contributed by atoms with Gasteiger partial charge in [-0.3, -0.25) is 0 Å². The van der Waals surface area contributed by atoms with E-state index in [1.807, 2.05) is 31.2 Å². The lowest BCUT2D eigenvalue weighted by molar-refractivity contribution is 0.719. The van der Waals surface area contributed by atoms with Crippen molar-refractivity contribution in [2.24, 2.45) is 0 Å². The third-order valence-electron chi connectivity index (χ3n) is 1.30. The molecule has 0 nitrogen and oxygen atoms in total. The minimum atomic E-state index is 0.0390. The van der Waals surface area contributed by atoms with Crippen LogP contribution < -0.4 is 0 Å². The van der Waals surface area contributed by atoms with E-state index in [1.165, 1.54) is 0 Å². The van der Waals surface area contributed by atoms with Crippen LogP contribution in [-0.2, 0) is 0 Å². The Hall–Kier alpha value is -0.430. The summed E-state index contributed by atoms with van der Waals surface area (Å²) in [4.78, 5) is 0. The highest BCUT2D eigenvalue weighted by Gasteiger charge is 2.10. The fourth-order valence-corrected chi connectivity index (χ4v) is 1.12. The Morgan fingerprint density at radius 1 is 1.42 bits per heavy atom. The van der Waals surface area contributed by atoms with Gasteiger partial charge >= 0.3 is 0 Å². The smallest absolute Gasteiger partial charge is 0.0113 e. The maximum absolute atomic E-state index is 4.43. The fraction of sp³-hybridized carbons (Fsp3) is 0.455. The van der Waals surface area contributed by atoms with Gasteiger partial charge in [0.05, 0.1) is 0 Å². The lowest BCUT2D eigenvalue weighted by Gasteiger charge is -2.16. The van der Waals surface area contributed by atoms with Crippen LogP contribution in [0.5, 0.6) is 0 Å². The van der Waals surface area contributed by atoms with Crippen LogP contribution in [0.2, 0.25) is 0 Å². The first-order valence-electron chi connectivity index (χ1n) is 4.15. The summed E-state index contributed by atoms with van der Waals surface area (Å²) < 4.78 is 0.0390. The summed E-state index contributed by atoms with van der Waals surface area (Å²) in [5.74, 6) is 0. The van der Waals surface area contributed by atoms with E-state index in [9.17, 15) is 0 Å². The molecule has 0 saturated heterocycles. The molecular weight excluding hydrogens is 164 g/mol. The zero-order valence-corrected chi connectivity index (χ0v) is 9.07. The third-order valence-corrected chi connectivity index (χ3v) is 1.45. The predicted octanol–water partition coefficient (Wildman–Crippen LogP) is 3.77. The Morgan fingerprint density at radius 2 is 2.00 bits per heavy atom. The van der Waals surface area contributed by atoms with Crippen molar-refractivity contribution in [3.8, 4) is 0 Å². The number of rotatable bonds is 4. The summed E-state index contributed by atoms with van der Waals surface area (Å²) in [6, 6.07) is 0. The largest absolute Gasteiger partial charge is 0.173 e.